The summed E-state index contributed by atoms with van der Waals surface area (Å²) in [5.41, 5.74) is 3.72. The first kappa shape index (κ1) is 23.8. The van der Waals surface area contributed by atoms with Crippen LogP contribution in [0, 0.1) is 0 Å². The number of aliphatic hydroxyl groups excluding tert-OH is 2. The van der Waals surface area contributed by atoms with Crippen LogP contribution in [-0.2, 0) is 19.6 Å². The number of carbonyl (C=O) groups excluding carboxylic acids is 1. The van der Waals surface area contributed by atoms with Gasteiger partial charge in [-0.3, -0.25) is 4.79 Å². The van der Waals surface area contributed by atoms with Gasteiger partial charge in [-0.05, 0) is 23.3 Å². The fraction of sp³-hybridized carbons (Fsp3) is 0.435. The molecule has 2 N–H and O–H groups in total. The summed E-state index contributed by atoms with van der Waals surface area (Å²) in [5, 5.41) is 19.9. The molecule has 2 aliphatic heterocycles. The van der Waals surface area contributed by atoms with E-state index in [2.05, 4.69) is 14.1 Å². The molecule has 0 fully saturated rings. The van der Waals surface area contributed by atoms with Gasteiger partial charge in [0.15, 0.2) is 17.3 Å². The summed E-state index contributed by atoms with van der Waals surface area (Å²) < 4.78 is 17.2. The molecule has 7 nitrogen and oxygen atoms in total. The number of Topliss-reactive ketones (excluding diaryl/α,β-unsaturated/α-hetero) is 1. The number of rotatable bonds is 6. The summed E-state index contributed by atoms with van der Waals surface area (Å²) in [6.07, 6.45) is 1.05. The van der Waals surface area contributed by atoms with E-state index in [1.165, 1.54) is 7.11 Å². The summed E-state index contributed by atoms with van der Waals surface area (Å²) in [5.74, 6) is 1.59. The van der Waals surface area contributed by atoms with Gasteiger partial charge in [-0.1, -0.05) is 12.1 Å². The van der Waals surface area contributed by atoms with E-state index in [1.54, 1.807) is 18.2 Å². The maximum atomic E-state index is 13.5. The molecular formula is C23H28INO6. The normalized spacial score (nSPS) is 18.2. The minimum absolute atomic E-state index is 0. The first-order valence-corrected chi connectivity index (χ1v) is 10.1. The number of ketones is 1. The fourth-order valence-electron chi connectivity index (χ4n) is 4.70. The largest absolute Gasteiger partial charge is 1.00 e. The van der Waals surface area contributed by atoms with Crippen LogP contribution in [0.1, 0.15) is 45.1 Å². The fourth-order valence-corrected chi connectivity index (χ4v) is 4.70. The minimum Gasteiger partial charge on any atom is -1.00 e. The Hall–Kier alpha value is -1.88. The second kappa shape index (κ2) is 9.32. The van der Waals surface area contributed by atoms with Crippen LogP contribution in [0.15, 0.2) is 24.3 Å². The van der Waals surface area contributed by atoms with Gasteiger partial charge in [0.2, 0.25) is 6.79 Å². The zero-order valence-electron chi connectivity index (χ0n) is 18.0. The predicted molar refractivity (Wildman–Crippen MR) is 110 cm³/mol. The molecule has 31 heavy (non-hydrogen) atoms. The number of fused-ring (bicyclic) bond motifs is 2. The van der Waals surface area contributed by atoms with Gasteiger partial charge in [0.25, 0.3) is 0 Å². The summed E-state index contributed by atoms with van der Waals surface area (Å²) in [7, 11) is 5.72. The topological polar surface area (TPSA) is 85.2 Å². The Morgan fingerprint density at radius 1 is 1.23 bits per heavy atom. The van der Waals surface area contributed by atoms with Crippen LogP contribution in [-0.4, -0.2) is 55.0 Å². The first-order chi connectivity index (χ1) is 14.4. The zero-order valence-corrected chi connectivity index (χ0v) is 20.1. The van der Waals surface area contributed by atoms with E-state index in [4.69, 9.17) is 14.2 Å². The van der Waals surface area contributed by atoms with E-state index in [1.807, 2.05) is 6.07 Å². The predicted octanol–water partition coefficient (Wildman–Crippen LogP) is -0.641. The molecule has 4 rings (SSSR count). The first-order valence-electron chi connectivity index (χ1n) is 10.1. The molecule has 2 aliphatic rings. The van der Waals surface area contributed by atoms with E-state index in [0.29, 0.717) is 38.4 Å². The van der Waals surface area contributed by atoms with Crippen molar-refractivity contribution in [1.82, 2.24) is 0 Å². The van der Waals surface area contributed by atoms with Crippen molar-refractivity contribution in [2.75, 3.05) is 34.5 Å². The third kappa shape index (κ3) is 4.13. The highest BCUT2D eigenvalue weighted by molar-refractivity contribution is 6.00. The number of hydrogen-bond donors (Lipinski definition) is 2. The second-order valence-corrected chi connectivity index (χ2v) is 8.37. The van der Waals surface area contributed by atoms with E-state index < -0.39 is 0 Å². The molecule has 0 aromatic heterocycles. The van der Waals surface area contributed by atoms with Crippen molar-refractivity contribution in [2.45, 2.75) is 32.1 Å². The number of likely N-dealkylation sites (N-methyl/N-ethyl adjacent to an activating group) is 1. The van der Waals surface area contributed by atoms with Crippen LogP contribution in [0.2, 0.25) is 0 Å². The van der Waals surface area contributed by atoms with Crippen LogP contribution in [0.3, 0.4) is 0 Å². The molecule has 2 aromatic rings. The molecule has 0 radical (unpaired) electrons. The Labute approximate surface area is 199 Å². The smallest absolute Gasteiger partial charge is 0.231 e. The van der Waals surface area contributed by atoms with Crippen LogP contribution < -0.4 is 38.2 Å². The Balaban J connectivity index is 0.00000272. The molecule has 1 unspecified atom stereocenters. The lowest BCUT2D eigenvalue weighted by Crippen LogP contribution is -3.00. The Kier molecular flexibility index (Phi) is 7.14. The molecule has 8 heteroatoms. The van der Waals surface area contributed by atoms with Crippen LogP contribution >= 0.6 is 0 Å². The Bertz CT molecular complexity index is 968. The van der Waals surface area contributed by atoms with Gasteiger partial charge in [0, 0.05) is 17.5 Å². The molecule has 1 atom stereocenters. The third-order valence-corrected chi connectivity index (χ3v) is 6.34. The molecule has 2 aromatic carbocycles. The van der Waals surface area contributed by atoms with Gasteiger partial charge < -0.3 is 52.9 Å². The molecule has 168 valence electrons. The molecule has 0 saturated heterocycles. The number of ether oxygens (including phenoxy) is 3. The molecule has 0 aliphatic carbocycles. The lowest BCUT2D eigenvalue weighted by molar-refractivity contribution is -0.922. The Morgan fingerprint density at radius 3 is 2.68 bits per heavy atom. The van der Waals surface area contributed by atoms with Crippen LogP contribution in [0.5, 0.6) is 17.2 Å². The summed E-state index contributed by atoms with van der Waals surface area (Å²) in [4.78, 5) is 13.5. The van der Waals surface area contributed by atoms with Crippen molar-refractivity contribution in [3.8, 4) is 17.2 Å². The van der Waals surface area contributed by atoms with Crippen LogP contribution in [0.4, 0.5) is 0 Å². The molecular weight excluding hydrogens is 513 g/mol. The maximum absolute atomic E-state index is 13.5. The lowest BCUT2D eigenvalue weighted by Gasteiger charge is -2.43. The Morgan fingerprint density at radius 2 is 2.00 bits per heavy atom. The van der Waals surface area contributed by atoms with Crippen LogP contribution in [0.25, 0.3) is 0 Å². The van der Waals surface area contributed by atoms with E-state index in [-0.39, 0.29) is 62.2 Å². The molecule has 2 heterocycles. The highest BCUT2D eigenvalue weighted by Gasteiger charge is 2.41. The maximum Gasteiger partial charge on any atom is 0.231 e. The van der Waals surface area contributed by atoms with Gasteiger partial charge >= 0.3 is 0 Å². The van der Waals surface area contributed by atoms with Crippen molar-refractivity contribution in [3.63, 3.8) is 0 Å². The van der Waals surface area contributed by atoms with Gasteiger partial charge in [-0.2, -0.15) is 0 Å². The lowest BCUT2D eigenvalue weighted by atomic mass is 9.83. The van der Waals surface area contributed by atoms with Gasteiger partial charge in [0.05, 0.1) is 52.9 Å². The van der Waals surface area contributed by atoms with Gasteiger partial charge in [0.1, 0.15) is 11.8 Å². The average Bonchev–Trinajstić information content (AvgIpc) is 3.21. The summed E-state index contributed by atoms with van der Waals surface area (Å²) >= 11 is 0. The highest BCUT2D eigenvalue weighted by atomic mass is 127. The number of halogens is 1. The highest BCUT2D eigenvalue weighted by Crippen LogP contribution is 2.47. The third-order valence-electron chi connectivity index (χ3n) is 6.34. The van der Waals surface area contributed by atoms with E-state index in [0.717, 1.165) is 24.1 Å². The monoisotopic (exact) mass is 541 g/mol. The number of methoxy groups -OCH3 is 1. The molecule has 0 amide bonds. The number of quaternary nitrogens is 1. The number of benzene rings is 2. The zero-order chi connectivity index (χ0) is 21.5. The number of hydrogen-bond acceptors (Lipinski definition) is 6. The molecule has 0 saturated carbocycles. The van der Waals surface area contributed by atoms with Crippen molar-refractivity contribution in [2.24, 2.45) is 0 Å². The van der Waals surface area contributed by atoms with Crippen molar-refractivity contribution >= 4 is 5.78 Å². The minimum atomic E-state index is -0.238. The van der Waals surface area contributed by atoms with E-state index >= 15 is 0 Å². The van der Waals surface area contributed by atoms with Gasteiger partial charge in [-0.15, -0.1) is 0 Å². The molecule has 0 spiro atoms. The summed E-state index contributed by atoms with van der Waals surface area (Å²) in [6.45, 7) is 0.566. The summed E-state index contributed by atoms with van der Waals surface area (Å²) in [6, 6.07) is 7.05. The van der Waals surface area contributed by atoms with Crippen molar-refractivity contribution < 1.29 is 57.7 Å². The standard InChI is InChI=1S/C23H28NO6.HI/c1-24(2)8-7-14-9-20-23(30-13-29-20)16(12-26)21(14)17(24)10-18(27)22-15(11-25)5-4-6-19(22)28-3;/h4-6,9,17,25-26H,7-8,10-13H2,1-3H3;1H/q+1;/p-1. The molecule has 0 bridgehead atoms. The quantitative estimate of drug-likeness (QED) is 0.288. The number of nitrogens with zero attached hydrogens (tertiary/aromatic N) is 1. The van der Waals surface area contributed by atoms with E-state index in [9.17, 15) is 15.0 Å². The van der Waals surface area contributed by atoms with Crippen molar-refractivity contribution in [3.05, 3.63) is 52.1 Å². The average molecular weight is 541 g/mol. The van der Waals surface area contributed by atoms with Gasteiger partial charge in [-0.25, -0.2) is 0 Å². The van der Waals surface area contributed by atoms with Crippen molar-refractivity contribution in [1.29, 1.82) is 0 Å². The second-order valence-electron chi connectivity index (χ2n) is 8.37. The SMILES string of the molecule is COc1cccc(CO)c1C(=O)CC1c2c(cc3c(c2CO)OCO3)CC[N+]1(C)C.[I-]. The number of carbonyl (C=O) groups is 1. The number of aliphatic hydroxyl groups is 2.